The van der Waals surface area contributed by atoms with Crippen molar-refractivity contribution < 1.29 is 42.6 Å². The van der Waals surface area contributed by atoms with Gasteiger partial charge in [0.1, 0.15) is 0 Å². The zero-order chi connectivity index (χ0) is 23.8. The van der Waals surface area contributed by atoms with Gasteiger partial charge in [-0.2, -0.15) is 25.3 Å². The molecule has 1 aliphatic heterocycles. The van der Waals surface area contributed by atoms with Crippen molar-refractivity contribution in [3.8, 4) is 0 Å². The van der Waals surface area contributed by atoms with Crippen LogP contribution in [-0.2, 0) is 49.6 Å². The summed E-state index contributed by atoms with van der Waals surface area (Å²) in [5, 5.41) is 1.42. The molecule has 0 aliphatic carbocycles. The summed E-state index contributed by atoms with van der Waals surface area (Å²) in [6.07, 6.45) is -0.524. The summed E-state index contributed by atoms with van der Waals surface area (Å²) >= 11 is 0. The maximum Gasteiger partial charge on any atom is 0.290 e. The topological polar surface area (TPSA) is 150 Å². The normalized spacial score (nSPS) is 20.0. The van der Waals surface area contributed by atoms with Crippen LogP contribution in [0.4, 0.5) is 0 Å². The summed E-state index contributed by atoms with van der Waals surface area (Å²) in [6, 6.07) is 12.2. The van der Waals surface area contributed by atoms with Crippen molar-refractivity contribution in [2.24, 2.45) is 0 Å². The maximum atomic E-state index is 13.4. The van der Waals surface area contributed by atoms with Crippen LogP contribution in [0.3, 0.4) is 0 Å². The van der Waals surface area contributed by atoms with Crippen molar-refractivity contribution >= 4 is 79.0 Å². The van der Waals surface area contributed by atoms with Crippen molar-refractivity contribution in [1.82, 2.24) is 0 Å². The van der Waals surface area contributed by atoms with Crippen molar-refractivity contribution in [3.63, 3.8) is 0 Å². The minimum atomic E-state index is -4.81. The molecule has 33 heavy (non-hydrogen) atoms. The Labute approximate surface area is 217 Å². The molecule has 1 aliphatic rings. The van der Waals surface area contributed by atoms with E-state index in [2.05, 4.69) is 0 Å². The van der Waals surface area contributed by atoms with Gasteiger partial charge in [0.15, 0.2) is 0 Å². The fraction of sp³-hybridized carbons (Fsp3) is 0.444. The largest absolute Gasteiger partial charge is 0.413 e. The second-order valence-electron chi connectivity index (χ2n) is 7.76. The Morgan fingerprint density at radius 1 is 1.00 bits per heavy atom. The van der Waals surface area contributed by atoms with Gasteiger partial charge in [-0.1, -0.05) is 42.5 Å². The second kappa shape index (κ2) is 10.3. The van der Waals surface area contributed by atoms with E-state index in [4.69, 9.17) is 17.3 Å². The number of hydrogen-bond donors (Lipinski definition) is 1. The van der Waals surface area contributed by atoms with E-state index in [0.29, 0.717) is 10.9 Å². The SMILES string of the molecule is C[Si](C)(OCCS(=O)(=O)O)C1(Cc2cccc3ccccc23)S(=O)(=O)OCCOS1(=O)=O.[Na]. The average molecular weight is 548 g/mol. The molecular formula is C18H24NaO10S3Si. The molecule has 0 spiro atoms. The summed E-state index contributed by atoms with van der Waals surface area (Å²) < 4.78 is 97.9. The van der Waals surface area contributed by atoms with Gasteiger partial charge in [-0.3, -0.25) is 12.9 Å². The van der Waals surface area contributed by atoms with Gasteiger partial charge >= 0.3 is 0 Å². The van der Waals surface area contributed by atoms with Gasteiger partial charge in [0.25, 0.3) is 30.4 Å². The van der Waals surface area contributed by atoms with Gasteiger partial charge in [0.05, 0.1) is 25.6 Å². The second-order valence-corrected chi connectivity index (χ2v) is 18.2. The summed E-state index contributed by atoms with van der Waals surface area (Å²) in [7, 11) is -18.0. The van der Waals surface area contributed by atoms with Crippen LogP contribution in [0.2, 0.25) is 13.1 Å². The minimum absolute atomic E-state index is 0. The first kappa shape index (κ1) is 28.8. The van der Waals surface area contributed by atoms with Gasteiger partial charge in [0, 0.05) is 36.0 Å². The number of rotatable bonds is 7. The molecule has 0 amide bonds. The molecule has 0 unspecified atom stereocenters. The predicted octanol–water partition coefficient (Wildman–Crippen LogP) is 1.05. The maximum absolute atomic E-state index is 13.4. The Balaban J connectivity index is 0.00000385. The van der Waals surface area contributed by atoms with Crippen LogP contribution in [0.15, 0.2) is 42.5 Å². The number of benzene rings is 2. The van der Waals surface area contributed by atoms with Crippen molar-refractivity contribution in [3.05, 3.63) is 48.0 Å². The quantitative estimate of drug-likeness (QED) is 0.303. The molecule has 1 radical (unpaired) electrons. The fourth-order valence-electron chi connectivity index (χ4n) is 3.80. The summed E-state index contributed by atoms with van der Waals surface area (Å²) in [5.41, 5.74) is 0.420. The molecule has 1 saturated heterocycles. The summed E-state index contributed by atoms with van der Waals surface area (Å²) in [6.45, 7) is 1.10. The predicted molar refractivity (Wildman–Crippen MR) is 126 cm³/mol. The molecule has 0 saturated carbocycles. The first-order valence-electron chi connectivity index (χ1n) is 9.56. The van der Waals surface area contributed by atoms with E-state index < -0.39 is 74.4 Å². The van der Waals surface area contributed by atoms with E-state index in [-0.39, 0.29) is 29.6 Å². The van der Waals surface area contributed by atoms with Gasteiger partial charge in [0.2, 0.25) is 12.0 Å². The number of hydrogen-bond acceptors (Lipinski definition) is 9. The Kier molecular flexibility index (Phi) is 9.00. The smallest absolute Gasteiger partial charge is 0.290 e. The van der Waals surface area contributed by atoms with Crippen molar-refractivity contribution in [2.45, 2.75) is 23.2 Å². The first-order chi connectivity index (χ1) is 14.7. The zero-order valence-corrected chi connectivity index (χ0v) is 23.9. The van der Waals surface area contributed by atoms with Crippen LogP contribution in [0.25, 0.3) is 10.8 Å². The molecule has 0 bridgehead atoms. The molecule has 3 rings (SSSR count). The molecule has 1 heterocycles. The molecule has 179 valence electrons. The molecule has 1 N–H and O–H groups in total. The van der Waals surface area contributed by atoms with E-state index >= 15 is 0 Å². The van der Waals surface area contributed by atoms with Gasteiger partial charge in [-0.25, -0.2) is 0 Å². The molecule has 10 nitrogen and oxygen atoms in total. The summed E-state index contributed by atoms with van der Waals surface area (Å²) in [5.74, 6) is -0.824. The minimum Gasteiger partial charge on any atom is -0.413 e. The Morgan fingerprint density at radius 3 is 2.12 bits per heavy atom. The van der Waals surface area contributed by atoms with Crippen LogP contribution in [0, 0.1) is 0 Å². The van der Waals surface area contributed by atoms with Crippen molar-refractivity contribution in [1.29, 1.82) is 0 Å². The molecule has 15 heteroatoms. The molecular weight excluding hydrogens is 523 g/mol. The van der Waals surface area contributed by atoms with E-state index in [1.54, 1.807) is 42.5 Å². The van der Waals surface area contributed by atoms with Crippen molar-refractivity contribution in [2.75, 3.05) is 25.6 Å². The summed E-state index contributed by atoms with van der Waals surface area (Å²) in [4.78, 5) is 0. The Morgan fingerprint density at radius 2 is 1.55 bits per heavy atom. The third kappa shape index (κ3) is 5.72. The van der Waals surface area contributed by atoms with E-state index in [1.165, 1.54) is 13.1 Å². The zero-order valence-electron chi connectivity index (χ0n) is 18.4. The molecule has 1 fully saturated rings. The standard InChI is InChI=1S/C18H24O10S3Si.Na/c1-32(2,28-12-13-29(19,20)21)18(30(22,23)26-10-11-27-31(18,24)25)14-16-8-5-7-15-6-3-4-9-17(15)16;/h3-9H,10-14H2,1-2H3,(H,19,20,21);. The van der Waals surface area contributed by atoms with Crippen LogP contribution in [-0.4, -0.2) is 97.0 Å². The molecule has 0 aromatic heterocycles. The van der Waals surface area contributed by atoms with Gasteiger partial charge in [-0.15, -0.1) is 0 Å². The van der Waals surface area contributed by atoms with Crippen LogP contribution >= 0.6 is 0 Å². The Hall–Kier alpha value is -0.393. The first-order valence-corrected chi connectivity index (χ1v) is 16.9. The number of fused-ring (bicyclic) bond motifs is 1. The van der Waals surface area contributed by atoms with E-state index in [9.17, 15) is 25.3 Å². The molecule has 2 aromatic rings. The fourth-order valence-corrected chi connectivity index (χ4v) is 14.1. The monoisotopic (exact) mass is 547 g/mol. The van der Waals surface area contributed by atoms with Crippen LogP contribution in [0.1, 0.15) is 5.56 Å². The third-order valence-corrected chi connectivity index (χ3v) is 17.5. The van der Waals surface area contributed by atoms with Gasteiger partial charge < -0.3 is 4.43 Å². The third-order valence-electron chi connectivity index (χ3n) is 5.39. The molecule has 0 atom stereocenters. The Bertz CT molecular complexity index is 1280. The van der Waals surface area contributed by atoms with Gasteiger partial charge in [-0.05, 0) is 29.4 Å². The average Bonchev–Trinajstić information content (AvgIpc) is 2.76. The van der Waals surface area contributed by atoms with E-state index in [0.717, 1.165) is 5.39 Å². The van der Waals surface area contributed by atoms with E-state index in [1.807, 2.05) is 0 Å². The van der Waals surface area contributed by atoms with Crippen LogP contribution < -0.4 is 0 Å². The van der Waals surface area contributed by atoms with Crippen LogP contribution in [0.5, 0.6) is 0 Å². The molecule has 2 aromatic carbocycles.